The fourth-order valence-electron chi connectivity index (χ4n) is 3.25. The molecular weight excluding hydrogens is 298 g/mol. The van der Waals surface area contributed by atoms with E-state index in [2.05, 4.69) is 23.5 Å². The van der Waals surface area contributed by atoms with Crippen LogP contribution in [-0.2, 0) is 17.6 Å². The van der Waals surface area contributed by atoms with E-state index < -0.39 is 0 Å². The van der Waals surface area contributed by atoms with Gasteiger partial charge in [0.25, 0.3) is 5.91 Å². The molecule has 1 aliphatic rings. The van der Waals surface area contributed by atoms with Gasteiger partial charge >= 0.3 is 0 Å². The van der Waals surface area contributed by atoms with Crippen LogP contribution < -0.4 is 10.1 Å². The third kappa shape index (κ3) is 3.97. The summed E-state index contributed by atoms with van der Waals surface area (Å²) in [6.07, 6.45) is 4.89. The fourth-order valence-corrected chi connectivity index (χ4v) is 3.25. The molecule has 0 heterocycles. The highest BCUT2D eigenvalue weighted by atomic mass is 16.5. The number of amides is 1. The summed E-state index contributed by atoms with van der Waals surface area (Å²) in [6, 6.07) is 14.3. The number of ether oxygens (including phenoxy) is 1. The number of fused-ring (bicyclic) bond motifs is 1. The van der Waals surface area contributed by atoms with Crippen molar-refractivity contribution >= 4 is 5.91 Å². The molecule has 3 rings (SSSR count). The minimum atomic E-state index is -0.0940. The molecule has 0 aliphatic heterocycles. The van der Waals surface area contributed by atoms with Gasteiger partial charge in [-0.1, -0.05) is 36.4 Å². The number of benzene rings is 2. The molecule has 0 bridgehead atoms. The molecule has 24 heavy (non-hydrogen) atoms. The van der Waals surface area contributed by atoms with Crippen LogP contribution in [0.15, 0.2) is 42.5 Å². The third-order valence-corrected chi connectivity index (χ3v) is 4.70. The van der Waals surface area contributed by atoms with Crippen LogP contribution in [0.4, 0.5) is 0 Å². The van der Waals surface area contributed by atoms with Gasteiger partial charge in [-0.15, -0.1) is 0 Å². The first-order valence-corrected chi connectivity index (χ1v) is 8.73. The molecule has 0 saturated carbocycles. The highest BCUT2D eigenvalue weighted by Crippen LogP contribution is 2.24. The summed E-state index contributed by atoms with van der Waals surface area (Å²) in [7, 11) is 0. The van der Waals surface area contributed by atoms with Crippen LogP contribution in [0.2, 0.25) is 0 Å². The molecule has 2 aromatic carbocycles. The number of nitrogens with one attached hydrogen (secondary N) is 1. The van der Waals surface area contributed by atoms with E-state index in [0.717, 1.165) is 17.7 Å². The zero-order valence-electron chi connectivity index (χ0n) is 14.5. The average Bonchev–Trinajstić information content (AvgIpc) is 2.60. The van der Waals surface area contributed by atoms with Crippen molar-refractivity contribution in [2.24, 2.45) is 0 Å². The van der Waals surface area contributed by atoms with Crippen molar-refractivity contribution < 1.29 is 9.53 Å². The van der Waals surface area contributed by atoms with Crippen LogP contribution in [0.3, 0.4) is 0 Å². The summed E-state index contributed by atoms with van der Waals surface area (Å²) >= 11 is 0. The molecule has 3 heteroatoms. The van der Waals surface area contributed by atoms with Crippen molar-refractivity contribution in [3.05, 3.63) is 64.7 Å². The number of rotatable bonds is 5. The van der Waals surface area contributed by atoms with E-state index in [0.29, 0.717) is 0 Å². The van der Waals surface area contributed by atoms with Gasteiger partial charge < -0.3 is 10.1 Å². The molecule has 0 spiro atoms. The Morgan fingerprint density at radius 1 is 1.12 bits per heavy atom. The topological polar surface area (TPSA) is 38.3 Å². The summed E-state index contributed by atoms with van der Waals surface area (Å²) < 4.78 is 5.61. The second-order valence-electron chi connectivity index (χ2n) is 6.58. The first-order chi connectivity index (χ1) is 11.6. The summed E-state index contributed by atoms with van der Waals surface area (Å²) in [5.74, 6) is 0.664. The number of para-hydroxylation sites is 1. The van der Waals surface area contributed by atoms with E-state index >= 15 is 0 Å². The van der Waals surface area contributed by atoms with E-state index in [1.807, 2.05) is 38.1 Å². The molecule has 1 atom stereocenters. The molecule has 1 N–H and O–H groups in total. The number of carbonyl (C=O) groups is 1. The first kappa shape index (κ1) is 16.6. The van der Waals surface area contributed by atoms with E-state index in [4.69, 9.17) is 4.74 Å². The second-order valence-corrected chi connectivity index (χ2v) is 6.58. The lowest BCUT2D eigenvalue weighted by Crippen LogP contribution is -2.31. The highest BCUT2D eigenvalue weighted by Gasteiger charge is 2.14. The number of hydrogen-bond donors (Lipinski definition) is 1. The molecule has 126 valence electrons. The van der Waals surface area contributed by atoms with Crippen LogP contribution >= 0.6 is 0 Å². The minimum Gasteiger partial charge on any atom is -0.484 e. The van der Waals surface area contributed by atoms with Crippen molar-refractivity contribution in [3.63, 3.8) is 0 Å². The summed E-state index contributed by atoms with van der Waals surface area (Å²) in [4.78, 5) is 12.2. The van der Waals surface area contributed by atoms with Gasteiger partial charge in [0.2, 0.25) is 0 Å². The van der Waals surface area contributed by atoms with E-state index in [1.165, 1.54) is 36.0 Å². The Morgan fingerprint density at radius 2 is 1.88 bits per heavy atom. The zero-order chi connectivity index (χ0) is 16.9. The Bertz CT molecular complexity index is 724. The quantitative estimate of drug-likeness (QED) is 0.898. The van der Waals surface area contributed by atoms with Crippen LogP contribution in [0.1, 0.15) is 48.1 Å². The summed E-state index contributed by atoms with van der Waals surface area (Å²) in [5.41, 5.74) is 5.11. The van der Waals surface area contributed by atoms with Crippen LogP contribution in [-0.4, -0.2) is 12.5 Å². The van der Waals surface area contributed by atoms with Crippen molar-refractivity contribution in [1.29, 1.82) is 0 Å². The molecule has 2 aromatic rings. The maximum Gasteiger partial charge on any atom is 0.258 e. The zero-order valence-corrected chi connectivity index (χ0v) is 14.5. The normalized spacial score (nSPS) is 14.6. The van der Waals surface area contributed by atoms with Gasteiger partial charge in [-0.3, -0.25) is 4.79 Å². The van der Waals surface area contributed by atoms with Gasteiger partial charge in [-0.2, -0.15) is 0 Å². The Balaban J connectivity index is 1.57. The van der Waals surface area contributed by atoms with E-state index in [9.17, 15) is 4.79 Å². The lowest BCUT2D eigenvalue weighted by Gasteiger charge is -2.20. The molecular formula is C21H25NO2. The van der Waals surface area contributed by atoms with Gasteiger partial charge in [0.15, 0.2) is 6.61 Å². The Kier molecular flexibility index (Phi) is 5.19. The largest absolute Gasteiger partial charge is 0.484 e. The predicted octanol–water partition coefficient (Wildman–Crippen LogP) is 4.13. The van der Waals surface area contributed by atoms with Crippen LogP contribution in [0.5, 0.6) is 5.75 Å². The maximum absolute atomic E-state index is 12.2. The highest BCUT2D eigenvalue weighted by molar-refractivity contribution is 5.78. The Hall–Kier alpha value is -2.29. The van der Waals surface area contributed by atoms with Gasteiger partial charge in [-0.05, 0) is 67.9 Å². The number of hydrogen-bond acceptors (Lipinski definition) is 2. The molecule has 0 saturated heterocycles. The maximum atomic E-state index is 12.2. The smallest absolute Gasteiger partial charge is 0.258 e. The molecule has 1 amide bonds. The lowest BCUT2D eigenvalue weighted by atomic mass is 9.89. The third-order valence-electron chi connectivity index (χ3n) is 4.70. The molecule has 0 radical (unpaired) electrons. The minimum absolute atomic E-state index is 0.00908. The molecule has 0 aromatic heterocycles. The first-order valence-electron chi connectivity index (χ1n) is 8.73. The second kappa shape index (κ2) is 7.52. The molecule has 0 unspecified atom stereocenters. The van der Waals surface area contributed by atoms with E-state index in [1.54, 1.807) is 0 Å². The van der Waals surface area contributed by atoms with Gasteiger partial charge in [0.1, 0.15) is 5.75 Å². The SMILES string of the molecule is Cc1ccccc1OCC(=O)N[C@H](C)c1ccc2c(c1)CCCC2. The van der Waals surface area contributed by atoms with Crippen molar-refractivity contribution in [3.8, 4) is 5.75 Å². The molecule has 0 fully saturated rings. The van der Waals surface area contributed by atoms with E-state index in [-0.39, 0.29) is 18.6 Å². The summed E-state index contributed by atoms with van der Waals surface area (Å²) in [6.45, 7) is 4.04. The van der Waals surface area contributed by atoms with Gasteiger partial charge in [0.05, 0.1) is 6.04 Å². The number of carbonyl (C=O) groups excluding carboxylic acids is 1. The molecule has 3 nitrogen and oxygen atoms in total. The lowest BCUT2D eigenvalue weighted by molar-refractivity contribution is -0.123. The van der Waals surface area contributed by atoms with Crippen LogP contribution in [0.25, 0.3) is 0 Å². The number of aryl methyl sites for hydroxylation is 3. The van der Waals surface area contributed by atoms with Crippen LogP contribution in [0, 0.1) is 6.92 Å². The van der Waals surface area contributed by atoms with Crippen molar-refractivity contribution in [2.45, 2.75) is 45.6 Å². The fraction of sp³-hybridized carbons (Fsp3) is 0.381. The monoisotopic (exact) mass is 323 g/mol. The van der Waals surface area contributed by atoms with Crippen molar-refractivity contribution in [2.75, 3.05) is 6.61 Å². The standard InChI is InChI=1S/C21H25NO2/c1-15-7-3-6-10-20(15)24-14-21(23)22-16(2)18-12-11-17-8-4-5-9-19(17)13-18/h3,6-7,10-13,16H,4-5,8-9,14H2,1-2H3,(H,22,23)/t16-/m1/s1. The average molecular weight is 323 g/mol. The summed E-state index contributed by atoms with van der Waals surface area (Å²) in [5, 5.41) is 3.03. The Labute approximate surface area is 144 Å². The van der Waals surface area contributed by atoms with Gasteiger partial charge in [-0.25, -0.2) is 0 Å². The molecule has 1 aliphatic carbocycles. The van der Waals surface area contributed by atoms with Crippen molar-refractivity contribution in [1.82, 2.24) is 5.32 Å². The van der Waals surface area contributed by atoms with Gasteiger partial charge in [0, 0.05) is 0 Å². The Morgan fingerprint density at radius 3 is 2.67 bits per heavy atom. The predicted molar refractivity (Wildman–Crippen MR) is 96.3 cm³/mol.